The van der Waals surface area contributed by atoms with E-state index in [2.05, 4.69) is 30.2 Å². The number of carbonyl (C=O) groups is 1. The molecular formula is C21H22N2O2S. The van der Waals surface area contributed by atoms with Gasteiger partial charge in [0.25, 0.3) is 5.91 Å². The van der Waals surface area contributed by atoms with Crippen LogP contribution < -0.4 is 10.1 Å². The molecule has 0 bridgehead atoms. The highest BCUT2D eigenvalue weighted by Gasteiger charge is 2.08. The van der Waals surface area contributed by atoms with Gasteiger partial charge in [0, 0.05) is 16.6 Å². The van der Waals surface area contributed by atoms with Gasteiger partial charge >= 0.3 is 0 Å². The van der Waals surface area contributed by atoms with Crippen LogP contribution in [0.2, 0.25) is 0 Å². The smallest absolute Gasteiger partial charge is 0.255 e. The van der Waals surface area contributed by atoms with Crippen molar-refractivity contribution in [3.63, 3.8) is 0 Å². The molecule has 2 aromatic carbocycles. The van der Waals surface area contributed by atoms with E-state index >= 15 is 0 Å². The van der Waals surface area contributed by atoms with Crippen LogP contribution in [0.15, 0.2) is 53.9 Å². The Morgan fingerprint density at radius 1 is 1.19 bits per heavy atom. The molecule has 1 heterocycles. The molecule has 134 valence electrons. The van der Waals surface area contributed by atoms with Gasteiger partial charge in [-0.2, -0.15) is 0 Å². The standard InChI is InChI=1S/C21H22N2O2S/c1-14(2)17-5-4-6-18(11-17)23-21(24)16-7-9-20(10-8-16)25-12-19-13-26-15(3)22-19/h4-11,13-14H,12H2,1-3H3,(H,23,24). The minimum atomic E-state index is -0.132. The predicted molar refractivity (Wildman–Crippen MR) is 106 cm³/mol. The molecule has 26 heavy (non-hydrogen) atoms. The molecule has 0 aliphatic rings. The maximum Gasteiger partial charge on any atom is 0.255 e. The van der Waals surface area contributed by atoms with Gasteiger partial charge in [-0.05, 0) is 54.8 Å². The molecule has 4 nitrogen and oxygen atoms in total. The molecular weight excluding hydrogens is 344 g/mol. The lowest BCUT2D eigenvalue weighted by molar-refractivity contribution is 0.102. The van der Waals surface area contributed by atoms with Crippen molar-refractivity contribution in [3.05, 3.63) is 75.7 Å². The van der Waals surface area contributed by atoms with Crippen LogP contribution >= 0.6 is 11.3 Å². The van der Waals surface area contributed by atoms with Gasteiger partial charge in [-0.3, -0.25) is 4.79 Å². The lowest BCUT2D eigenvalue weighted by Gasteiger charge is -2.10. The first-order valence-electron chi connectivity index (χ1n) is 8.56. The van der Waals surface area contributed by atoms with E-state index in [1.165, 1.54) is 5.56 Å². The van der Waals surface area contributed by atoms with Crippen LogP contribution in [-0.2, 0) is 6.61 Å². The SMILES string of the molecule is Cc1nc(COc2ccc(C(=O)Nc3cccc(C(C)C)c3)cc2)cs1. The summed E-state index contributed by atoms with van der Waals surface area (Å²) < 4.78 is 5.71. The van der Waals surface area contributed by atoms with Gasteiger partial charge in [0.2, 0.25) is 0 Å². The predicted octanol–water partition coefficient (Wildman–Crippen LogP) is 5.41. The monoisotopic (exact) mass is 366 g/mol. The molecule has 0 aliphatic carbocycles. The fraction of sp³-hybridized carbons (Fsp3) is 0.238. The number of hydrogen-bond acceptors (Lipinski definition) is 4. The summed E-state index contributed by atoms with van der Waals surface area (Å²) >= 11 is 1.61. The Morgan fingerprint density at radius 3 is 2.62 bits per heavy atom. The highest BCUT2D eigenvalue weighted by molar-refractivity contribution is 7.09. The summed E-state index contributed by atoms with van der Waals surface area (Å²) in [5, 5.41) is 5.96. The minimum Gasteiger partial charge on any atom is -0.487 e. The first-order chi connectivity index (χ1) is 12.5. The summed E-state index contributed by atoms with van der Waals surface area (Å²) in [5.41, 5.74) is 3.51. The van der Waals surface area contributed by atoms with Gasteiger partial charge in [-0.1, -0.05) is 26.0 Å². The molecule has 0 radical (unpaired) electrons. The number of carbonyl (C=O) groups excluding carboxylic acids is 1. The van der Waals surface area contributed by atoms with Crippen molar-refractivity contribution >= 4 is 22.9 Å². The van der Waals surface area contributed by atoms with E-state index in [4.69, 9.17) is 4.74 Å². The maximum absolute atomic E-state index is 12.4. The van der Waals surface area contributed by atoms with Gasteiger partial charge in [-0.15, -0.1) is 11.3 Å². The molecule has 0 saturated carbocycles. The molecule has 0 atom stereocenters. The summed E-state index contributed by atoms with van der Waals surface area (Å²) in [6, 6.07) is 15.1. The Labute approximate surface area is 157 Å². The summed E-state index contributed by atoms with van der Waals surface area (Å²) in [5.74, 6) is 1.01. The van der Waals surface area contributed by atoms with E-state index in [-0.39, 0.29) is 5.91 Å². The van der Waals surface area contributed by atoms with Crippen LogP contribution in [0, 0.1) is 6.92 Å². The molecule has 0 fully saturated rings. The first-order valence-corrected chi connectivity index (χ1v) is 9.44. The molecule has 1 N–H and O–H groups in total. The summed E-state index contributed by atoms with van der Waals surface area (Å²) in [6.45, 7) is 6.66. The lowest BCUT2D eigenvalue weighted by atomic mass is 10.0. The quantitative estimate of drug-likeness (QED) is 0.635. The Morgan fingerprint density at radius 2 is 1.96 bits per heavy atom. The zero-order valence-corrected chi connectivity index (χ0v) is 16.0. The fourth-order valence-corrected chi connectivity index (χ4v) is 3.11. The summed E-state index contributed by atoms with van der Waals surface area (Å²) in [4.78, 5) is 16.8. The zero-order chi connectivity index (χ0) is 18.5. The molecule has 0 unspecified atom stereocenters. The van der Waals surface area contributed by atoms with Gasteiger partial charge in [0.15, 0.2) is 0 Å². The van der Waals surface area contributed by atoms with Crippen molar-refractivity contribution in [2.24, 2.45) is 0 Å². The molecule has 0 spiro atoms. The largest absolute Gasteiger partial charge is 0.487 e. The third-order valence-electron chi connectivity index (χ3n) is 3.98. The van der Waals surface area contributed by atoms with E-state index in [1.54, 1.807) is 35.6 Å². The number of amides is 1. The Hall–Kier alpha value is -2.66. The van der Waals surface area contributed by atoms with Crippen LogP contribution in [0.1, 0.15) is 46.4 Å². The van der Waals surface area contributed by atoms with Gasteiger partial charge in [-0.25, -0.2) is 4.98 Å². The van der Waals surface area contributed by atoms with Crippen molar-refractivity contribution in [3.8, 4) is 5.75 Å². The van der Waals surface area contributed by atoms with Crippen molar-refractivity contribution < 1.29 is 9.53 Å². The number of rotatable bonds is 6. The molecule has 3 aromatic rings. The van der Waals surface area contributed by atoms with Crippen LogP contribution in [-0.4, -0.2) is 10.9 Å². The average molecular weight is 366 g/mol. The van der Waals surface area contributed by atoms with Gasteiger partial charge in [0.05, 0.1) is 10.7 Å². The Bertz CT molecular complexity index is 885. The number of anilines is 1. The normalized spacial score (nSPS) is 10.8. The fourth-order valence-electron chi connectivity index (χ4n) is 2.51. The van der Waals surface area contributed by atoms with Crippen molar-refractivity contribution in [2.45, 2.75) is 33.3 Å². The van der Waals surface area contributed by atoms with Crippen LogP contribution in [0.25, 0.3) is 0 Å². The third-order valence-corrected chi connectivity index (χ3v) is 4.80. The second-order valence-corrected chi connectivity index (χ2v) is 7.47. The van der Waals surface area contributed by atoms with E-state index in [0.29, 0.717) is 23.8 Å². The minimum absolute atomic E-state index is 0.132. The number of nitrogens with one attached hydrogen (secondary N) is 1. The molecule has 5 heteroatoms. The zero-order valence-electron chi connectivity index (χ0n) is 15.2. The summed E-state index contributed by atoms with van der Waals surface area (Å²) in [7, 11) is 0. The molecule has 0 aliphatic heterocycles. The van der Waals surface area contributed by atoms with Crippen LogP contribution in [0.5, 0.6) is 5.75 Å². The van der Waals surface area contributed by atoms with Crippen LogP contribution in [0.4, 0.5) is 5.69 Å². The number of benzene rings is 2. The number of aromatic nitrogens is 1. The van der Waals surface area contributed by atoms with Crippen molar-refractivity contribution in [1.82, 2.24) is 4.98 Å². The first kappa shape index (κ1) is 18.1. The van der Waals surface area contributed by atoms with E-state index in [0.717, 1.165) is 16.4 Å². The number of hydrogen-bond donors (Lipinski definition) is 1. The van der Waals surface area contributed by atoms with Crippen molar-refractivity contribution in [1.29, 1.82) is 0 Å². The highest BCUT2D eigenvalue weighted by Crippen LogP contribution is 2.20. The Balaban J connectivity index is 1.60. The average Bonchev–Trinajstić information content (AvgIpc) is 3.06. The number of ether oxygens (including phenoxy) is 1. The third kappa shape index (κ3) is 4.70. The Kier molecular flexibility index (Phi) is 5.68. The molecule has 1 amide bonds. The van der Waals surface area contributed by atoms with Crippen LogP contribution in [0.3, 0.4) is 0 Å². The van der Waals surface area contributed by atoms with E-state index in [9.17, 15) is 4.79 Å². The second-order valence-electron chi connectivity index (χ2n) is 6.41. The van der Waals surface area contributed by atoms with Gasteiger partial charge < -0.3 is 10.1 Å². The van der Waals surface area contributed by atoms with E-state index in [1.807, 2.05) is 30.5 Å². The maximum atomic E-state index is 12.4. The molecule has 0 saturated heterocycles. The topological polar surface area (TPSA) is 51.2 Å². The highest BCUT2D eigenvalue weighted by atomic mass is 32.1. The van der Waals surface area contributed by atoms with Gasteiger partial charge in [0.1, 0.15) is 12.4 Å². The van der Waals surface area contributed by atoms with E-state index < -0.39 is 0 Å². The second kappa shape index (κ2) is 8.15. The number of nitrogens with zero attached hydrogens (tertiary/aromatic N) is 1. The number of thiazole rings is 1. The molecule has 3 rings (SSSR count). The summed E-state index contributed by atoms with van der Waals surface area (Å²) in [6.07, 6.45) is 0. The van der Waals surface area contributed by atoms with Crippen molar-refractivity contribution in [2.75, 3.05) is 5.32 Å². The molecule has 1 aromatic heterocycles. The lowest BCUT2D eigenvalue weighted by Crippen LogP contribution is -2.12. The number of aryl methyl sites for hydroxylation is 1.